The van der Waals surface area contributed by atoms with Crippen molar-refractivity contribution in [2.45, 2.75) is 0 Å². The fraction of sp³-hybridized carbons (Fsp3) is 0.250. The minimum absolute atomic E-state index is 0.751. The van der Waals surface area contributed by atoms with Crippen LogP contribution in [0.5, 0.6) is 11.5 Å². The third-order valence-electron chi connectivity index (χ3n) is 1.41. The molecule has 0 saturated heterocycles. The van der Waals surface area contributed by atoms with E-state index < -0.39 is 0 Å². The smallest absolute Gasteiger partial charge is 0.137 e. The number of methoxy groups -OCH3 is 2. The molecular weight excluding hydrogens is 288 g/mol. The second-order valence-electron chi connectivity index (χ2n) is 2.12. The van der Waals surface area contributed by atoms with Crippen molar-refractivity contribution < 1.29 is 9.47 Å². The van der Waals surface area contributed by atoms with E-state index >= 15 is 0 Å². The zero-order chi connectivity index (χ0) is 9.14. The van der Waals surface area contributed by atoms with Crippen LogP contribution in [0.1, 0.15) is 0 Å². The van der Waals surface area contributed by atoms with Crippen LogP contribution >= 0.6 is 31.9 Å². The van der Waals surface area contributed by atoms with E-state index in [-0.39, 0.29) is 0 Å². The topological polar surface area (TPSA) is 18.5 Å². The summed E-state index contributed by atoms with van der Waals surface area (Å²) in [6.07, 6.45) is 0. The summed E-state index contributed by atoms with van der Waals surface area (Å²) in [6.45, 7) is 0. The molecule has 4 heteroatoms. The van der Waals surface area contributed by atoms with Crippen LogP contribution in [0, 0.1) is 0 Å². The van der Waals surface area contributed by atoms with Crippen molar-refractivity contribution in [3.63, 3.8) is 0 Å². The Hall–Kier alpha value is -0.220. The Morgan fingerprint density at radius 1 is 1.00 bits per heavy atom. The van der Waals surface area contributed by atoms with Crippen LogP contribution in [-0.2, 0) is 0 Å². The molecule has 66 valence electrons. The number of benzene rings is 1. The van der Waals surface area contributed by atoms with E-state index in [2.05, 4.69) is 31.9 Å². The molecule has 0 spiro atoms. The van der Waals surface area contributed by atoms with Gasteiger partial charge in [0.25, 0.3) is 0 Å². The molecule has 0 bridgehead atoms. The summed E-state index contributed by atoms with van der Waals surface area (Å²) in [5.41, 5.74) is 0. The van der Waals surface area contributed by atoms with E-state index in [9.17, 15) is 0 Å². The van der Waals surface area contributed by atoms with Crippen LogP contribution in [0.4, 0.5) is 0 Å². The van der Waals surface area contributed by atoms with E-state index in [0.29, 0.717) is 0 Å². The molecule has 1 rings (SSSR count). The normalized spacial score (nSPS) is 9.67. The van der Waals surface area contributed by atoms with Crippen molar-refractivity contribution in [2.75, 3.05) is 14.2 Å². The predicted octanol–water partition coefficient (Wildman–Crippen LogP) is 3.23. The Labute approximate surface area is 88.1 Å². The molecule has 2 nitrogen and oxygen atoms in total. The van der Waals surface area contributed by atoms with Gasteiger partial charge in [0.1, 0.15) is 16.0 Å². The van der Waals surface area contributed by atoms with Gasteiger partial charge in [0, 0.05) is 4.47 Å². The zero-order valence-corrected chi connectivity index (χ0v) is 9.90. The third-order valence-corrected chi connectivity index (χ3v) is 2.65. The Kier molecular flexibility index (Phi) is 3.40. The van der Waals surface area contributed by atoms with Crippen molar-refractivity contribution in [3.05, 3.63) is 21.1 Å². The summed E-state index contributed by atoms with van der Waals surface area (Å²) in [5, 5.41) is 0. The summed E-state index contributed by atoms with van der Waals surface area (Å²) < 4.78 is 12.0. The number of halogens is 2. The van der Waals surface area contributed by atoms with Crippen LogP contribution in [0.2, 0.25) is 0 Å². The van der Waals surface area contributed by atoms with Gasteiger partial charge in [0.15, 0.2) is 0 Å². The van der Waals surface area contributed by atoms with Gasteiger partial charge in [-0.25, -0.2) is 0 Å². The second-order valence-corrected chi connectivity index (χ2v) is 3.83. The average Bonchev–Trinajstić information content (AvgIpc) is 2.08. The standard InChI is InChI=1S/C8H8Br2O2/c1-11-6-3-5(9)4-7(12-2)8(6)10/h3-4H,1-2H3. The fourth-order valence-electron chi connectivity index (χ4n) is 0.837. The first-order chi connectivity index (χ1) is 5.69. The van der Waals surface area contributed by atoms with Gasteiger partial charge in [-0.2, -0.15) is 0 Å². The minimum Gasteiger partial charge on any atom is -0.495 e. The first-order valence-corrected chi connectivity index (χ1v) is 4.84. The highest BCUT2D eigenvalue weighted by Crippen LogP contribution is 2.37. The second kappa shape index (κ2) is 4.14. The molecule has 1 aromatic carbocycles. The molecular formula is C8H8Br2O2. The molecule has 0 amide bonds. The highest BCUT2D eigenvalue weighted by atomic mass is 79.9. The van der Waals surface area contributed by atoms with Gasteiger partial charge in [0.2, 0.25) is 0 Å². The Balaban J connectivity index is 3.22. The van der Waals surface area contributed by atoms with Crippen molar-refractivity contribution in [2.24, 2.45) is 0 Å². The molecule has 0 atom stereocenters. The molecule has 12 heavy (non-hydrogen) atoms. The third kappa shape index (κ3) is 1.93. The van der Waals surface area contributed by atoms with Crippen LogP contribution in [0.15, 0.2) is 21.1 Å². The van der Waals surface area contributed by atoms with Gasteiger partial charge in [0.05, 0.1) is 14.2 Å². The van der Waals surface area contributed by atoms with E-state index in [1.165, 1.54) is 0 Å². The fourth-order valence-corrected chi connectivity index (χ4v) is 1.81. The quantitative estimate of drug-likeness (QED) is 0.834. The van der Waals surface area contributed by atoms with Crippen LogP contribution < -0.4 is 9.47 Å². The van der Waals surface area contributed by atoms with Crippen molar-refractivity contribution in [3.8, 4) is 11.5 Å². The molecule has 0 aliphatic carbocycles. The first-order valence-electron chi connectivity index (χ1n) is 3.26. The monoisotopic (exact) mass is 294 g/mol. The maximum Gasteiger partial charge on any atom is 0.137 e. The van der Waals surface area contributed by atoms with E-state index in [1.54, 1.807) is 14.2 Å². The molecule has 0 N–H and O–H groups in total. The molecule has 0 heterocycles. The van der Waals surface area contributed by atoms with Gasteiger partial charge < -0.3 is 9.47 Å². The average molecular weight is 296 g/mol. The summed E-state index contributed by atoms with van der Waals surface area (Å²) in [6, 6.07) is 3.74. The lowest BCUT2D eigenvalue weighted by Gasteiger charge is -2.08. The zero-order valence-electron chi connectivity index (χ0n) is 6.73. The number of hydrogen-bond donors (Lipinski definition) is 0. The molecule has 0 aliphatic heterocycles. The number of ether oxygens (including phenoxy) is 2. The summed E-state index contributed by atoms with van der Waals surface area (Å²) in [4.78, 5) is 0. The first kappa shape index (κ1) is 9.86. The van der Waals surface area contributed by atoms with E-state index in [0.717, 1.165) is 20.4 Å². The van der Waals surface area contributed by atoms with Crippen LogP contribution in [0.25, 0.3) is 0 Å². The Bertz CT molecular complexity index is 261. The van der Waals surface area contributed by atoms with Gasteiger partial charge in [-0.05, 0) is 28.1 Å². The van der Waals surface area contributed by atoms with Gasteiger partial charge in [-0.15, -0.1) is 0 Å². The summed E-state index contributed by atoms with van der Waals surface area (Å²) in [7, 11) is 3.23. The highest BCUT2D eigenvalue weighted by molar-refractivity contribution is 9.11. The summed E-state index contributed by atoms with van der Waals surface area (Å²) in [5.74, 6) is 1.50. The lowest BCUT2D eigenvalue weighted by Crippen LogP contribution is -1.89. The lowest BCUT2D eigenvalue weighted by molar-refractivity contribution is 0.389. The van der Waals surface area contributed by atoms with E-state index in [4.69, 9.17) is 9.47 Å². The van der Waals surface area contributed by atoms with Crippen LogP contribution in [0.3, 0.4) is 0 Å². The van der Waals surface area contributed by atoms with Gasteiger partial charge in [-0.1, -0.05) is 15.9 Å². The lowest BCUT2D eigenvalue weighted by atomic mass is 10.3. The SMILES string of the molecule is COc1cc(Br)cc(OC)c1Br. The molecule has 1 aromatic rings. The molecule has 0 unspecified atom stereocenters. The number of hydrogen-bond acceptors (Lipinski definition) is 2. The van der Waals surface area contributed by atoms with Gasteiger partial charge >= 0.3 is 0 Å². The minimum atomic E-state index is 0.751. The molecule has 0 aliphatic rings. The van der Waals surface area contributed by atoms with Crippen molar-refractivity contribution in [1.29, 1.82) is 0 Å². The Morgan fingerprint density at radius 2 is 1.42 bits per heavy atom. The van der Waals surface area contributed by atoms with Crippen molar-refractivity contribution >= 4 is 31.9 Å². The maximum absolute atomic E-state index is 5.11. The van der Waals surface area contributed by atoms with E-state index in [1.807, 2.05) is 12.1 Å². The maximum atomic E-state index is 5.11. The highest BCUT2D eigenvalue weighted by Gasteiger charge is 2.07. The molecule has 0 aromatic heterocycles. The molecule has 0 fully saturated rings. The molecule has 0 saturated carbocycles. The number of rotatable bonds is 2. The summed E-state index contributed by atoms with van der Waals surface area (Å²) >= 11 is 6.71. The Morgan fingerprint density at radius 3 is 1.75 bits per heavy atom. The van der Waals surface area contributed by atoms with Crippen LogP contribution in [-0.4, -0.2) is 14.2 Å². The molecule has 0 radical (unpaired) electrons. The van der Waals surface area contributed by atoms with Gasteiger partial charge in [-0.3, -0.25) is 0 Å². The predicted molar refractivity (Wildman–Crippen MR) is 54.9 cm³/mol. The largest absolute Gasteiger partial charge is 0.495 e. The van der Waals surface area contributed by atoms with Crippen molar-refractivity contribution in [1.82, 2.24) is 0 Å².